The van der Waals surface area contributed by atoms with Crippen molar-refractivity contribution < 1.29 is 24.5 Å². The van der Waals surface area contributed by atoms with E-state index in [0.717, 1.165) is 19.3 Å². The quantitative estimate of drug-likeness (QED) is 0.749. The van der Waals surface area contributed by atoms with E-state index < -0.39 is 12.1 Å². The maximum atomic E-state index is 12.5. The number of hydrogen-bond donors (Lipinski definition) is 2. The third-order valence-corrected chi connectivity index (χ3v) is 3.91. The van der Waals surface area contributed by atoms with E-state index in [0.29, 0.717) is 26.2 Å². The number of urea groups is 1. The molecule has 0 aromatic heterocycles. The number of rotatable bonds is 5. The van der Waals surface area contributed by atoms with Crippen LogP contribution in [0.2, 0.25) is 0 Å². The van der Waals surface area contributed by atoms with E-state index >= 15 is 0 Å². The van der Waals surface area contributed by atoms with Gasteiger partial charge in [-0.1, -0.05) is 0 Å². The Kier molecular flexibility index (Phi) is 5.19. The van der Waals surface area contributed by atoms with Crippen LogP contribution in [0.4, 0.5) is 4.79 Å². The molecule has 0 aromatic rings. The highest BCUT2D eigenvalue weighted by Crippen LogP contribution is 2.26. The second-order valence-corrected chi connectivity index (χ2v) is 5.32. The molecule has 1 saturated heterocycles. The number of nitrogens with zero attached hydrogens (tertiary/aromatic N) is 2. The van der Waals surface area contributed by atoms with Gasteiger partial charge >= 0.3 is 12.0 Å². The third kappa shape index (κ3) is 3.61. The maximum absolute atomic E-state index is 12.5. The van der Waals surface area contributed by atoms with Crippen LogP contribution < -0.4 is 0 Å². The molecule has 0 bridgehead atoms. The summed E-state index contributed by atoms with van der Waals surface area (Å²) in [6.07, 6.45) is 2.55. The molecule has 2 rings (SSSR count). The fraction of sp³-hybridized carbons (Fsp3) is 0.846. The van der Waals surface area contributed by atoms with Crippen LogP contribution in [0, 0.1) is 0 Å². The van der Waals surface area contributed by atoms with Crippen LogP contribution in [0.1, 0.15) is 25.7 Å². The van der Waals surface area contributed by atoms with Crippen molar-refractivity contribution >= 4 is 12.0 Å². The Morgan fingerprint density at radius 3 is 2.65 bits per heavy atom. The van der Waals surface area contributed by atoms with Crippen molar-refractivity contribution in [3.8, 4) is 0 Å². The Labute approximate surface area is 118 Å². The summed E-state index contributed by atoms with van der Waals surface area (Å²) < 4.78 is 5.37. The Balaban J connectivity index is 1.93. The summed E-state index contributed by atoms with van der Waals surface area (Å²) in [5.74, 6) is -0.921. The van der Waals surface area contributed by atoms with E-state index in [1.54, 1.807) is 9.80 Å². The number of carboxylic acid groups (broad SMARTS) is 1. The minimum absolute atomic E-state index is 0.0505. The summed E-state index contributed by atoms with van der Waals surface area (Å²) in [7, 11) is 0. The summed E-state index contributed by atoms with van der Waals surface area (Å²) in [6.45, 7) is 1.43. The monoisotopic (exact) mass is 286 g/mol. The van der Waals surface area contributed by atoms with E-state index in [4.69, 9.17) is 14.9 Å². The molecule has 2 amide bonds. The normalized spacial score (nSPS) is 23.2. The van der Waals surface area contributed by atoms with Crippen molar-refractivity contribution in [2.24, 2.45) is 0 Å². The van der Waals surface area contributed by atoms with E-state index in [9.17, 15) is 9.59 Å². The van der Waals surface area contributed by atoms with Gasteiger partial charge in [0.15, 0.2) is 0 Å². The lowest BCUT2D eigenvalue weighted by atomic mass is 9.91. The highest BCUT2D eigenvalue weighted by atomic mass is 16.5. The molecular weight excluding hydrogens is 264 g/mol. The third-order valence-electron chi connectivity index (χ3n) is 3.91. The Bertz CT molecular complexity index is 359. The van der Waals surface area contributed by atoms with Gasteiger partial charge in [-0.05, 0) is 19.3 Å². The number of aliphatic carboxylic acids is 1. The maximum Gasteiger partial charge on any atom is 0.320 e. The van der Waals surface area contributed by atoms with Gasteiger partial charge in [0.25, 0.3) is 0 Å². The van der Waals surface area contributed by atoms with Crippen LogP contribution in [0.15, 0.2) is 0 Å². The highest BCUT2D eigenvalue weighted by molar-refractivity contribution is 5.75. The SMILES string of the molecule is O=C(O)CC1CN(C(=O)N(CCO)C2CCC2)CCO1. The van der Waals surface area contributed by atoms with Crippen molar-refractivity contribution in [1.82, 2.24) is 9.80 Å². The van der Waals surface area contributed by atoms with Gasteiger partial charge in [-0.25, -0.2) is 4.79 Å². The number of ether oxygens (including phenoxy) is 1. The first kappa shape index (κ1) is 15.1. The molecule has 0 spiro atoms. The summed E-state index contributed by atoms with van der Waals surface area (Å²) in [4.78, 5) is 26.6. The molecular formula is C13H22N2O5. The van der Waals surface area contributed by atoms with Gasteiger partial charge in [0, 0.05) is 25.7 Å². The van der Waals surface area contributed by atoms with Crippen LogP contribution in [0.25, 0.3) is 0 Å². The zero-order valence-electron chi connectivity index (χ0n) is 11.5. The zero-order chi connectivity index (χ0) is 14.5. The van der Waals surface area contributed by atoms with Gasteiger partial charge in [-0.15, -0.1) is 0 Å². The smallest absolute Gasteiger partial charge is 0.320 e. The minimum Gasteiger partial charge on any atom is -0.481 e. The number of carbonyl (C=O) groups is 2. The lowest BCUT2D eigenvalue weighted by Gasteiger charge is -2.42. The van der Waals surface area contributed by atoms with Gasteiger partial charge in [0.1, 0.15) is 0 Å². The molecule has 2 fully saturated rings. The molecule has 20 heavy (non-hydrogen) atoms. The molecule has 2 N–H and O–H groups in total. The second-order valence-electron chi connectivity index (χ2n) is 5.32. The lowest BCUT2D eigenvalue weighted by Crippen LogP contribution is -2.55. The number of aliphatic hydroxyl groups excluding tert-OH is 1. The molecule has 1 saturated carbocycles. The molecule has 7 heteroatoms. The number of carbonyl (C=O) groups excluding carboxylic acids is 1. The molecule has 0 aromatic carbocycles. The van der Waals surface area contributed by atoms with Crippen LogP contribution in [-0.2, 0) is 9.53 Å². The average Bonchev–Trinajstić information content (AvgIpc) is 2.35. The summed E-state index contributed by atoms with van der Waals surface area (Å²) >= 11 is 0. The van der Waals surface area contributed by atoms with Gasteiger partial charge in [0.05, 0.1) is 25.7 Å². The van der Waals surface area contributed by atoms with Crippen molar-refractivity contribution in [2.45, 2.75) is 37.8 Å². The van der Waals surface area contributed by atoms with Crippen molar-refractivity contribution in [2.75, 3.05) is 32.8 Å². The largest absolute Gasteiger partial charge is 0.481 e. The van der Waals surface area contributed by atoms with Crippen LogP contribution >= 0.6 is 0 Å². The molecule has 1 heterocycles. The van der Waals surface area contributed by atoms with E-state index in [1.807, 2.05) is 0 Å². The van der Waals surface area contributed by atoms with Crippen molar-refractivity contribution in [3.05, 3.63) is 0 Å². The molecule has 0 radical (unpaired) electrons. The number of amides is 2. The van der Waals surface area contributed by atoms with E-state index in [-0.39, 0.29) is 25.1 Å². The Morgan fingerprint density at radius 1 is 1.35 bits per heavy atom. The zero-order valence-corrected chi connectivity index (χ0v) is 11.5. The number of carboxylic acids is 1. The van der Waals surface area contributed by atoms with Crippen molar-refractivity contribution in [3.63, 3.8) is 0 Å². The van der Waals surface area contributed by atoms with Crippen molar-refractivity contribution in [1.29, 1.82) is 0 Å². The summed E-state index contributed by atoms with van der Waals surface area (Å²) in [5, 5.41) is 17.9. The van der Waals surface area contributed by atoms with Crippen LogP contribution in [0.5, 0.6) is 0 Å². The Hall–Kier alpha value is -1.34. The highest BCUT2D eigenvalue weighted by Gasteiger charge is 2.33. The van der Waals surface area contributed by atoms with Crippen LogP contribution in [0.3, 0.4) is 0 Å². The topological polar surface area (TPSA) is 90.3 Å². The summed E-state index contributed by atoms with van der Waals surface area (Å²) in [6, 6.07) is 0.109. The van der Waals surface area contributed by atoms with Gasteiger partial charge in [-0.3, -0.25) is 4.79 Å². The standard InChI is InChI=1S/C13H22N2O5/c16-6-4-15(10-2-1-3-10)13(19)14-5-7-20-11(9-14)8-12(17)18/h10-11,16H,1-9H2,(H,17,18). The molecule has 1 aliphatic heterocycles. The first-order valence-corrected chi connectivity index (χ1v) is 7.11. The van der Waals surface area contributed by atoms with Crippen LogP contribution in [-0.4, -0.2) is 77.0 Å². The number of morpholine rings is 1. The molecule has 2 aliphatic rings. The first-order chi connectivity index (χ1) is 9.61. The fourth-order valence-corrected chi connectivity index (χ4v) is 2.63. The molecule has 1 aliphatic carbocycles. The number of hydrogen-bond acceptors (Lipinski definition) is 4. The minimum atomic E-state index is -0.921. The second kappa shape index (κ2) is 6.90. The van der Waals surface area contributed by atoms with Gasteiger partial charge in [-0.2, -0.15) is 0 Å². The number of aliphatic hydroxyl groups is 1. The summed E-state index contributed by atoms with van der Waals surface area (Å²) in [5.41, 5.74) is 0. The molecule has 1 unspecified atom stereocenters. The van der Waals surface area contributed by atoms with E-state index in [1.165, 1.54) is 0 Å². The Morgan fingerprint density at radius 2 is 2.10 bits per heavy atom. The fourth-order valence-electron chi connectivity index (χ4n) is 2.63. The van der Waals surface area contributed by atoms with E-state index in [2.05, 4.69) is 0 Å². The molecule has 1 atom stereocenters. The van der Waals surface area contributed by atoms with Gasteiger partial charge < -0.3 is 24.7 Å². The van der Waals surface area contributed by atoms with Gasteiger partial charge in [0.2, 0.25) is 0 Å². The molecule has 114 valence electrons. The predicted octanol–water partition coefficient (Wildman–Crippen LogP) is 0.129. The predicted molar refractivity (Wildman–Crippen MR) is 70.4 cm³/mol. The first-order valence-electron chi connectivity index (χ1n) is 7.11. The molecule has 7 nitrogen and oxygen atoms in total. The average molecular weight is 286 g/mol. The lowest BCUT2D eigenvalue weighted by molar-refractivity contribution is -0.141.